The zero-order valence-electron chi connectivity index (χ0n) is 17.3. The molecule has 2 aliphatic rings. The minimum absolute atomic E-state index is 0.0214. The summed E-state index contributed by atoms with van der Waals surface area (Å²) in [6, 6.07) is 4.96. The molecule has 32 heavy (non-hydrogen) atoms. The average molecular weight is 454 g/mol. The summed E-state index contributed by atoms with van der Waals surface area (Å²) >= 11 is 0. The highest BCUT2D eigenvalue weighted by atomic mass is 19.4. The Hall–Kier alpha value is -2.95. The molecular formula is C21H25F3N4O4. The quantitative estimate of drug-likeness (QED) is 0.466. The maximum Gasteiger partial charge on any atom is 0.471 e. The predicted molar refractivity (Wildman–Crippen MR) is 108 cm³/mol. The van der Waals surface area contributed by atoms with Crippen molar-refractivity contribution in [2.45, 2.75) is 37.9 Å². The van der Waals surface area contributed by atoms with Crippen LogP contribution in [0.5, 0.6) is 0 Å². The van der Waals surface area contributed by atoms with Crippen LogP contribution in [0.2, 0.25) is 0 Å². The number of nitrogens with zero attached hydrogens (tertiary/aromatic N) is 1. The third kappa shape index (κ3) is 5.84. The number of hydrogen-bond acceptors (Lipinski definition) is 5. The Bertz CT molecular complexity index is 867. The topological polar surface area (TPSA) is 112 Å². The number of rotatable bonds is 5. The number of carbonyl (C=O) groups excluding carboxylic acids is 3. The maximum absolute atomic E-state index is 12.8. The van der Waals surface area contributed by atoms with Gasteiger partial charge >= 0.3 is 12.1 Å². The second-order valence-corrected chi connectivity index (χ2v) is 7.86. The van der Waals surface area contributed by atoms with E-state index >= 15 is 0 Å². The summed E-state index contributed by atoms with van der Waals surface area (Å²) in [5.74, 6) is -3.25. The van der Waals surface area contributed by atoms with Gasteiger partial charge in [0, 0.05) is 30.1 Å². The van der Waals surface area contributed by atoms with Gasteiger partial charge in [-0.3, -0.25) is 19.8 Å². The van der Waals surface area contributed by atoms with E-state index in [4.69, 9.17) is 10.1 Å². The van der Waals surface area contributed by atoms with Gasteiger partial charge in [-0.15, -0.1) is 0 Å². The molecule has 1 saturated heterocycles. The number of amides is 3. The van der Waals surface area contributed by atoms with Crippen LogP contribution in [-0.4, -0.2) is 67.0 Å². The predicted octanol–water partition coefficient (Wildman–Crippen LogP) is 1.84. The first-order valence-corrected chi connectivity index (χ1v) is 10.4. The van der Waals surface area contributed by atoms with Crippen molar-refractivity contribution in [2.24, 2.45) is 5.92 Å². The van der Waals surface area contributed by atoms with Crippen LogP contribution in [0, 0.1) is 11.3 Å². The van der Waals surface area contributed by atoms with Crippen LogP contribution in [0.1, 0.15) is 41.6 Å². The molecule has 0 bridgehead atoms. The molecule has 2 fully saturated rings. The zero-order valence-corrected chi connectivity index (χ0v) is 17.3. The second kappa shape index (κ2) is 10.1. The van der Waals surface area contributed by atoms with E-state index in [-0.39, 0.29) is 35.5 Å². The minimum atomic E-state index is -5.10. The van der Waals surface area contributed by atoms with Crippen LogP contribution in [0.3, 0.4) is 0 Å². The Morgan fingerprint density at radius 2 is 1.72 bits per heavy atom. The number of amidine groups is 1. The van der Waals surface area contributed by atoms with Crippen molar-refractivity contribution in [3.8, 4) is 0 Å². The molecule has 1 aromatic rings. The van der Waals surface area contributed by atoms with Crippen molar-refractivity contribution in [1.82, 2.24) is 15.5 Å². The SMILES string of the molecule is N=C(NC(=O)C(F)(F)F)c1ccc(C(=O)NC[C@@H]2COCCN2C(=O)C2CCCC2)cc1. The number of carbonyl (C=O) groups is 3. The summed E-state index contributed by atoms with van der Waals surface area (Å²) in [6.07, 6.45) is -1.22. The van der Waals surface area contributed by atoms with E-state index in [0.29, 0.717) is 19.8 Å². The molecule has 0 spiro atoms. The first-order valence-electron chi connectivity index (χ1n) is 10.4. The van der Waals surface area contributed by atoms with Gasteiger partial charge in [-0.25, -0.2) is 0 Å². The van der Waals surface area contributed by atoms with E-state index < -0.39 is 23.8 Å². The largest absolute Gasteiger partial charge is 0.471 e. The highest BCUT2D eigenvalue weighted by molar-refractivity contribution is 6.08. The fourth-order valence-electron chi connectivity index (χ4n) is 3.88. The van der Waals surface area contributed by atoms with Crippen LogP contribution in [-0.2, 0) is 14.3 Å². The molecule has 1 heterocycles. The van der Waals surface area contributed by atoms with Gasteiger partial charge < -0.3 is 20.3 Å². The van der Waals surface area contributed by atoms with E-state index in [9.17, 15) is 27.6 Å². The molecule has 1 atom stereocenters. The molecule has 174 valence electrons. The van der Waals surface area contributed by atoms with E-state index in [2.05, 4.69) is 5.32 Å². The number of nitrogens with one attached hydrogen (secondary N) is 3. The number of alkyl halides is 3. The minimum Gasteiger partial charge on any atom is -0.377 e. The van der Waals surface area contributed by atoms with Crippen LogP contribution >= 0.6 is 0 Å². The van der Waals surface area contributed by atoms with Crippen molar-refractivity contribution in [3.63, 3.8) is 0 Å². The lowest BCUT2D eigenvalue weighted by Crippen LogP contribution is -2.54. The van der Waals surface area contributed by atoms with Gasteiger partial charge in [-0.2, -0.15) is 13.2 Å². The Balaban J connectivity index is 1.55. The molecule has 3 rings (SSSR count). The lowest BCUT2D eigenvalue weighted by Gasteiger charge is -2.37. The highest BCUT2D eigenvalue weighted by Crippen LogP contribution is 2.27. The molecule has 1 aliphatic carbocycles. The Morgan fingerprint density at radius 1 is 1.09 bits per heavy atom. The average Bonchev–Trinajstić information content (AvgIpc) is 3.31. The summed E-state index contributed by atoms with van der Waals surface area (Å²) in [7, 11) is 0. The van der Waals surface area contributed by atoms with Crippen LogP contribution in [0.4, 0.5) is 13.2 Å². The number of hydrogen-bond donors (Lipinski definition) is 3. The lowest BCUT2D eigenvalue weighted by molar-refractivity contribution is -0.171. The standard InChI is InChI=1S/C21H25F3N4O4/c22-21(23,24)20(31)27-17(25)13-5-7-14(8-6-13)18(29)26-11-16-12-32-10-9-28(16)19(30)15-3-1-2-4-15/h5-8,15-16H,1-4,9-12H2,(H,26,29)(H2,25,27,31)/t16-/m1/s1. The number of halogens is 3. The van der Waals surface area contributed by atoms with Crippen molar-refractivity contribution >= 4 is 23.6 Å². The Kier molecular flexibility index (Phi) is 7.49. The van der Waals surface area contributed by atoms with Crippen LogP contribution in [0.25, 0.3) is 0 Å². The van der Waals surface area contributed by atoms with Gasteiger partial charge in [0.25, 0.3) is 5.91 Å². The van der Waals surface area contributed by atoms with Crippen LogP contribution in [0.15, 0.2) is 24.3 Å². The van der Waals surface area contributed by atoms with Crippen molar-refractivity contribution in [2.75, 3.05) is 26.3 Å². The number of morpholine rings is 1. The summed E-state index contributed by atoms with van der Waals surface area (Å²) in [5.41, 5.74) is 0.252. The number of benzene rings is 1. The number of ether oxygens (including phenoxy) is 1. The summed E-state index contributed by atoms with van der Waals surface area (Å²) in [4.78, 5) is 38.0. The molecule has 0 aromatic heterocycles. The third-order valence-electron chi connectivity index (χ3n) is 5.65. The molecule has 1 aromatic carbocycles. The molecule has 0 unspecified atom stereocenters. The van der Waals surface area contributed by atoms with Gasteiger partial charge in [0.05, 0.1) is 19.3 Å². The molecular weight excluding hydrogens is 429 g/mol. The fourth-order valence-corrected chi connectivity index (χ4v) is 3.88. The highest BCUT2D eigenvalue weighted by Gasteiger charge is 2.39. The zero-order chi connectivity index (χ0) is 23.3. The molecule has 1 saturated carbocycles. The van der Waals surface area contributed by atoms with Gasteiger partial charge in [0.15, 0.2) is 0 Å². The molecule has 11 heteroatoms. The summed E-state index contributed by atoms with van der Waals surface area (Å²) in [5, 5.41) is 11.8. The second-order valence-electron chi connectivity index (χ2n) is 7.86. The summed E-state index contributed by atoms with van der Waals surface area (Å²) in [6.45, 7) is 1.47. The van der Waals surface area contributed by atoms with E-state index in [1.807, 2.05) is 0 Å². The van der Waals surface area contributed by atoms with Gasteiger partial charge in [-0.05, 0) is 25.0 Å². The summed E-state index contributed by atoms with van der Waals surface area (Å²) < 4.78 is 42.4. The van der Waals surface area contributed by atoms with E-state index in [0.717, 1.165) is 25.7 Å². The van der Waals surface area contributed by atoms with E-state index in [1.165, 1.54) is 29.6 Å². The molecule has 3 amide bonds. The normalized spacial score (nSPS) is 19.5. The lowest BCUT2D eigenvalue weighted by atomic mass is 10.0. The van der Waals surface area contributed by atoms with Gasteiger partial charge in [0.1, 0.15) is 5.84 Å². The van der Waals surface area contributed by atoms with Gasteiger partial charge in [0.2, 0.25) is 5.91 Å². The first kappa shape index (κ1) is 23.7. The molecule has 1 aliphatic heterocycles. The molecule has 8 nitrogen and oxygen atoms in total. The molecule has 3 N–H and O–H groups in total. The van der Waals surface area contributed by atoms with Crippen LogP contribution < -0.4 is 10.6 Å². The fraction of sp³-hybridized carbons (Fsp3) is 0.524. The Morgan fingerprint density at radius 3 is 2.34 bits per heavy atom. The maximum atomic E-state index is 12.8. The van der Waals surface area contributed by atoms with Crippen molar-refractivity contribution in [1.29, 1.82) is 5.41 Å². The first-order chi connectivity index (χ1) is 15.2. The Labute approximate surface area is 183 Å². The van der Waals surface area contributed by atoms with E-state index in [1.54, 1.807) is 4.90 Å². The molecule has 0 radical (unpaired) electrons. The third-order valence-corrected chi connectivity index (χ3v) is 5.65. The monoisotopic (exact) mass is 454 g/mol. The van der Waals surface area contributed by atoms with Crippen molar-refractivity contribution in [3.05, 3.63) is 35.4 Å². The van der Waals surface area contributed by atoms with Gasteiger partial charge in [-0.1, -0.05) is 25.0 Å². The van der Waals surface area contributed by atoms with Crippen molar-refractivity contribution < 1.29 is 32.3 Å². The smallest absolute Gasteiger partial charge is 0.377 e.